The molecule has 0 aliphatic heterocycles. The molecule has 1 saturated carbocycles. The Balaban J connectivity index is 1.60. The summed E-state index contributed by atoms with van der Waals surface area (Å²) in [4.78, 5) is 9.53. The number of anilines is 1. The summed E-state index contributed by atoms with van der Waals surface area (Å²) in [5.41, 5.74) is 9.10. The Morgan fingerprint density at radius 3 is 2.61 bits per heavy atom. The predicted octanol–water partition coefficient (Wildman–Crippen LogP) is 4.33. The minimum atomic E-state index is -3.76. The Morgan fingerprint density at radius 1 is 1.06 bits per heavy atom. The first kappa shape index (κ1) is 21.6. The number of aromatic nitrogens is 3. The molecule has 2 heterocycles. The molecule has 3 N–H and O–H groups in total. The lowest BCUT2D eigenvalue weighted by Gasteiger charge is -2.27. The summed E-state index contributed by atoms with van der Waals surface area (Å²) < 4.78 is 28.2. The highest BCUT2D eigenvalue weighted by atomic mass is 32.2. The van der Waals surface area contributed by atoms with E-state index < -0.39 is 10.0 Å². The van der Waals surface area contributed by atoms with Crippen molar-refractivity contribution in [2.24, 2.45) is 5.73 Å². The van der Waals surface area contributed by atoms with Gasteiger partial charge in [-0.15, -0.1) is 0 Å². The lowest BCUT2D eigenvalue weighted by Crippen LogP contribution is -2.35. The maximum Gasteiger partial charge on any atom is 0.268 e. The lowest BCUT2D eigenvalue weighted by molar-refractivity contribution is 0.408. The molecule has 5 rings (SSSR count). The normalized spacial score (nSPS) is 19.0. The Labute approximate surface area is 193 Å². The van der Waals surface area contributed by atoms with E-state index in [0.29, 0.717) is 17.2 Å². The average molecular weight is 462 g/mol. The summed E-state index contributed by atoms with van der Waals surface area (Å²) >= 11 is 0. The number of nitrogens with one attached hydrogen (secondary N) is 1. The van der Waals surface area contributed by atoms with Crippen LogP contribution in [0.2, 0.25) is 0 Å². The molecule has 1 aliphatic carbocycles. The first-order chi connectivity index (χ1) is 15.9. The summed E-state index contributed by atoms with van der Waals surface area (Å²) in [5.74, 6) is 0.539. The lowest BCUT2D eigenvalue weighted by atomic mass is 9.92. The quantitative estimate of drug-likeness (QED) is 0.459. The number of hydrogen-bond donors (Lipinski definition) is 2. The molecule has 0 spiro atoms. The fourth-order valence-electron chi connectivity index (χ4n) is 4.57. The second-order valence-corrected chi connectivity index (χ2v) is 10.5. The molecule has 0 bridgehead atoms. The third-order valence-electron chi connectivity index (χ3n) is 6.25. The highest BCUT2D eigenvalue weighted by Crippen LogP contribution is 2.34. The highest BCUT2D eigenvalue weighted by molar-refractivity contribution is 7.90. The Morgan fingerprint density at radius 2 is 1.82 bits per heavy atom. The number of fused-ring (bicyclic) bond motifs is 1. The van der Waals surface area contributed by atoms with Crippen LogP contribution in [0.4, 0.5) is 5.95 Å². The molecule has 4 aromatic rings. The molecule has 2 atom stereocenters. The number of aryl methyl sites for hydroxylation is 1. The number of benzene rings is 2. The van der Waals surface area contributed by atoms with E-state index in [9.17, 15) is 8.42 Å². The molecule has 0 radical (unpaired) electrons. The second-order valence-electron chi connectivity index (χ2n) is 8.67. The van der Waals surface area contributed by atoms with Crippen LogP contribution >= 0.6 is 0 Å². The van der Waals surface area contributed by atoms with Crippen molar-refractivity contribution in [3.63, 3.8) is 0 Å². The maximum atomic E-state index is 13.4. The first-order valence-corrected chi connectivity index (χ1v) is 12.6. The summed E-state index contributed by atoms with van der Waals surface area (Å²) in [6, 6.07) is 16.4. The zero-order valence-corrected chi connectivity index (χ0v) is 19.3. The van der Waals surface area contributed by atoms with Gasteiger partial charge in [0.2, 0.25) is 5.95 Å². The van der Waals surface area contributed by atoms with Crippen molar-refractivity contribution in [2.75, 3.05) is 5.32 Å². The van der Waals surface area contributed by atoms with E-state index in [4.69, 9.17) is 10.7 Å². The molecule has 2 unspecified atom stereocenters. The van der Waals surface area contributed by atoms with Gasteiger partial charge in [-0.25, -0.2) is 22.4 Å². The van der Waals surface area contributed by atoms with Gasteiger partial charge in [0.1, 0.15) is 0 Å². The topological polar surface area (TPSA) is 103 Å². The van der Waals surface area contributed by atoms with Gasteiger partial charge >= 0.3 is 0 Å². The number of para-hydroxylation sites is 1. The van der Waals surface area contributed by atoms with Crippen molar-refractivity contribution in [2.45, 2.75) is 49.6 Å². The Bertz CT molecular complexity index is 1400. The van der Waals surface area contributed by atoms with Gasteiger partial charge in [-0.05, 0) is 56.4 Å². The number of nitrogens with zero attached hydrogens (tertiary/aromatic N) is 3. The van der Waals surface area contributed by atoms with Gasteiger partial charge in [0, 0.05) is 35.4 Å². The van der Waals surface area contributed by atoms with E-state index in [1.807, 2.05) is 31.2 Å². The fraction of sp³-hybridized carbons (Fsp3) is 0.280. The van der Waals surface area contributed by atoms with Gasteiger partial charge in [-0.1, -0.05) is 36.4 Å². The van der Waals surface area contributed by atoms with Crippen LogP contribution in [0.1, 0.15) is 31.2 Å². The van der Waals surface area contributed by atoms with Crippen LogP contribution in [-0.4, -0.2) is 34.4 Å². The van der Waals surface area contributed by atoms with Crippen LogP contribution in [0, 0.1) is 6.92 Å². The van der Waals surface area contributed by atoms with Crippen LogP contribution in [0.3, 0.4) is 0 Å². The SMILES string of the molecule is Cc1cnc(NC2CCCC(N)C2)nc1-c1cn(S(=O)(=O)c2ccccc2)c2ccccc12. The third kappa shape index (κ3) is 4.12. The molecular formula is C25H27N5O2S. The van der Waals surface area contributed by atoms with Crippen molar-refractivity contribution < 1.29 is 8.42 Å². The van der Waals surface area contributed by atoms with Gasteiger partial charge in [0.25, 0.3) is 10.0 Å². The van der Waals surface area contributed by atoms with Crippen molar-refractivity contribution in [1.82, 2.24) is 13.9 Å². The minimum absolute atomic E-state index is 0.197. The van der Waals surface area contributed by atoms with E-state index in [2.05, 4.69) is 10.3 Å². The van der Waals surface area contributed by atoms with Crippen LogP contribution in [-0.2, 0) is 10.0 Å². The van der Waals surface area contributed by atoms with Gasteiger partial charge in [0.15, 0.2) is 0 Å². The molecule has 0 saturated heterocycles. The van der Waals surface area contributed by atoms with E-state index in [1.165, 1.54) is 3.97 Å². The summed E-state index contributed by atoms with van der Waals surface area (Å²) in [6.07, 6.45) is 7.51. The molecule has 1 fully saturated rings. The van der Waals surface area contributed by atoms with Crippen molar-refractivity contribution >= 4 is 26.9 Å². The summed E-state index contributed by atoms with van der Waals surface area (Å²) in [6.45, 7) is 1.94. The summed E-state index contributed by atoms with van der Waals surface area (Å²) in [5, 5.41) is 4.26. The number of nitrogens with two attached hydrogens (primary N) is 1. The van der Waals surface area contributed by atoms with Gasteiger partial charge in [0.05, 0.1) is 16.1 Å². The second kappa shape index (κ2) is 8.61. The fourth-order valence-corrected chi connectivity index (χ4v) is 5.96. The molecular weight excluding hydrogens is 434 g/mol. The van der Waals surface area contributed by atoms with Crippen molar-refractivity contribution in [1.29, 1.82) is 0 Å². The molecule has 8 heteroatoms. The van der Waals surface area contributed by atoms with Crippen molar-refractivity contribution in [3.05, 3.63) is 72.6 Å². The predicted molar refractivity (Wildman–Crippen MR) is 131 cm³/mol. The van der Waals surface area contributed by atoms with Crippen LogP contribution in [0.5, 0.6) is 0 Å². The molecule has 2 aromatic carbocycles. The molecule has 170 valence electrons. The van der Waals surface area contributed by atoms with E-state index in [0.717, 1.165) is 42.2 Å². The number of rotatable bonds is 5. The van der Waals surface area contributed by atoms with Crippen LogP contribution in [0.15, 0.2) is 71.9 Å². The molecule has 0 amide bonds. The van der Waals surface area contributed by atoms with E-state index >= 15 is 0 Å². The molecule has 1 aliphatic rings. The van der Waals surface area contributed by atoms with Crippen LogP contribution in [0.25, 0.3) is 22.2 Å². The van der Waals surface area contributed by atoms with Crippen LogP contribution < -0.4 is 11.1 Å². The minimum Gasteiger partial charge on any atom is -0.351 e. The summed E-state index contributed by atoms with van der Waals surface area (Å²) in [7, 11) is -3.76. The smallest absolute Gasteiger partial charge is 0.268 e. The first-order valence-electron chi connectivity index (χ1n) is 11.2. The standard InChI is InChI=1S/C25H27N5O2S/c1-17-15-27-25(28-19-9-7-8-18(26)14-19)29-24(17)22-16-30(23-13-6-5-12-21(22)23)33(31,32)20-10-3-2-4-11-20/h2-6,10-13,15-16,18-19H,7-9,14,26H2,1H3,(H,27,28,29). The van der Waals surface area contributed by atoms with E-state index in [-0.39, 0.29) is 17.0 Å². The van der Waals surface area contributed by atoms with E-state index in [1.54, 1.807) is 42.7 Å². The van der Waals surface area contributed by atoms with Gasteiger partial charge < -0.3 is 11.1 Å². The zero-order valence-electron chi connectivity index (χ0n) is 18.5. The molecule has 33 heavy (non-hydrogen) atoms. The average Bonchev–Trinajstić information content (AvgIpc) is 3.21. The third-order valence-corrected chi connectivity index (χ3v) is 7.94. The van der Waals surface area contributed by atoms with Gasteiger partial charge in [-0.2, -0.15) is 0 Å². The number of hydrogen-bond acceptors (Lipinski definition) is 6. The highest BCUT2D eigenvalue weighted by Gasteiger charge is 2.24. The largest absolute Gasteiger partial charge is 0.351 e. The monoisotopic (exact) mass is 461 g/mol. The Hall–Kier alpha value is -3.23. The van der Waals surface area contributed by atoms with Gasteiger partial charge in [-0.3, -0.25) is 0 Å². The van der Waals surface area contributed by atoms with Crippen molar-refractivity contribution in [3.8, 4) is 11.3 Å². The molecule has 2 aromatic heterocycles. The maximum absolute atomic E-state index is 13.4. The molecule has 7 nitrogen and oxygen atoms in total. The Kier molecular flexibility index (Phi) is 5.64. The zero-order chi connectivity index (χ0) is 23.0.